The molecule has 0 saturated carbocycles. The van der Waals surface area contributed by atoms with Crippen molar-refractivity contribution in [2.75, 3.05) is 12.4 Å². The van der Waals surface area contributed by atoms with Crippen LogP contribution in [0.25, 0.3) is 0 Å². The molecule has 21 heavy (non-hydrogen) atoms. The van der Waals surface area contributed by atoms with E-state index in [0.717, 1.165) is 0 Å². The number of benzene rings is 2. The van der Waals surface area contributed by atoms with E-state index in [9.17, 15) is 9.59 Å². The molecule has 0 aliphatic rings. The van der Waals surface area contributed by atoms with Gasteiger partial charge in [-0.25, -0.2) is 0 Å². The maximum atomic E-state index is 12.1. The van der Waals surface area contributed by atoms with Gasteiger partial charge in [0.25, 0.3) is 5.91 Å². The van der Waals surface area contributed by atoms with Gasteiger partial charge in [-0.2, -0.15) is 0 Å². The highest BCUT2D eigenvalue weighted by Gasteiger charge is 2.10. The first kappa shape index (κ1) is 14.9. The minimum atomic E-state index is -0.620. The van der Waals surface area contributed by atoms with Crippen molar-refractivity contribution in [1.82, 2.24) is 0 Å². The van der Waals surface area contributed by atoms with Crippen LogP contribution in [-0.2, 0) is 0 Å². The van der Waals surface area contributed by atoms with E-state index in [-0.39, 0.29) is 16.5 Å². The van der Waals surface area contributed by atoms with E-state index in [1.165, 1.54) is 19.2 Å². The van der Waals surface area contributed by atoms with Crippen LogP contribution in [0.1, 0.15) is 20.7 Å². The molecule has 0 spiro atoms. The van der Waals surface area contributed by atoms with Gasteiger partial charge in [0, 0.05) is 11.3 Å². The number of anilines is 1. The Balaban J connectivity index is 2.19. The van der Waals surface area contributed by atoms with Crippen LogP contribution in [0.5, 0.6) is 5.75 Å². The fourth-order valence-corrected chi connectivity index (χ4v) is 2.03. The Bertz CT molecular complexity index is 701. The number of primary amides is 1. The second-order valence-corrected chi connectivity index (χ2v) is 4.65. The fraction of sp³-hybridized carbons (Fsp3) is 0.0667. The van der Waals surface area contributed by atoms with Gasteiger partial charge in [0.2, 0.25) is 5.91 Å². The van der Waals surface area contributed by atoms with Gasteiger partial charge in [0.05, 0.1) is 17.7 Å². The molecule has 0 atom stereocenters. The summed E-state index contributed by atoms with van der Waals surface area (Å²) in [6, 6.07) is 11.2. The zero-order valence-corrected chi connectivity index (χ0v) is 12.0. The molecule has 0 fully saturated rings. The summed E-state index contributed by atoms with van der Waals surface area (Å²) in [5, 5.41) is 2.87. The molecule has 2 amide bonds. The van der Waals surface area contributed by atoms with Gasteiger partial charge < -0.3 is 15.8 Å². The summed E-state index contributed by atoms with van der Waals surface area (Å²) in [6.07, 6.45) is 0. The highest BCUT2D eigenvalue weighted by molar-refractivity contribution is 6.34. The number of hydrogen-bond acceptors (Lipinski definition) is 3. The van der Waals surface area contributed by atoms with Crippen molar-refractivity contribution in [1.29, 1.82) is 0 Å². The Kier molecular flexibility index (Phi) is 4.45. The largest absolute Gasteiger partial charge is 0.497 e. The SMILES string of the molecule is COc1cccc(C(=O)Nc2ccc(C(N)=O)c(Cl)c2)c1. The topological polar surface area (TPSA) is 81.4 Å². The quantitative estimate of drug-likeness (QED) is 0.911. The van der Waals surface area contributed by atoms with E-state index in [2.05, 4.69) is 5.32 Å². The number of ether oxygens (including phenoxy) is 1. The van der Waals surface area contributed by atoms with Crippen molar-refractivity contribution in [3.05, 3.63) is 58.6 Å². The molecular formula is C15H13ClN2O3. The van der Waals surface area contributed by atoms with Crippen LogP contribution in [0.4, 0.5) is 5.69 Å². The van der Waals surface area contributed by atoms with Crippen LogP contribution in [0.15, 0.2) is 42.5 Å². The number of rotatable bonds is 4. The van der Waals surface area contributed by atoms with E-state index >= 15 is 0 Å². The summed E-state index contributed by atoms with van der Waals surface area (Å²) in [4.78, 5) is 23.2. The van der Waals surface area contributed by atoms with Gasteiger partial charge in [0.1, 0.15) is 5.75 Å². The molecule has 108 valence electrons. The van der Waals surface area contributed by atoms with E-state index < -0.39 is 5.91 Å². The van der Waals surface area contributed by atoms with Crippen molar-refractivity contribution < 1.29 is 14.3 Å². The van der Waals surface area contributed by atoms with Crippen LogP contribution in [0.3, 0.4) is 0 Å². The van der Waals surface area contributed by atoms with Crippen LogP contribution < -0.4 is 15.8 Å². The molecule has 0 aliphatic heterocycles. The molecule has 5 nitrogen and oxygen atoms in total. The molecule has 2 aromatic rings. The Morgan fingerprint density at radius 1 is 1.19 bits per heavy atom. The van der Waals surface area contributed by atoms with E-state index in [0.29, 0.717) is 17.0 Å². The number of carbonyl (C=O) groups excluding carboxylic acids is 2. The zero-order chi connectivity index (χ0) is 15.4. The molecule has 0 saturated heterocycles. The van der Waals surface area contributed by atoms with Crippen molar-refractivity contribution in [2.24, 2.45) is 5.73 Å². The van der Waals surface area contributed by atoms with Crippen LogP contribution >= 0.6 is 11.6 Å². The third-order valence-electron chi connectivity index (χ3n) is 2.82. The van der Waals surface area contributed by atoms with Gasteiger partial charge in [-0.3, -0.25) is 9.59 Å². The average molecular weight is 305 g/mol. The number of hydrogen-bond donors (Lipinski definition) is 2. The molecule has 0 unspecified atom stereocenters. The monoisotopic (exact) mass is 304 g/mol. The standard InChI is InChI=1S/C15H13ClN2O3/c1-21-11-4-2-3-9(7-11)15(20)18-10-5-6-12(14(17)19)13(16)8-10/h2-8H,1H3,(H2,17,19)(H,18,20). The Hall–Kier alpha value is -2.53. The summed E-state index contributed by atoms with van der Waals surface area (Å²) >= 11 is 5.93. The lowest BCUT2D eigenvalue weighted by Gasteiger charge is -2.08. The zero-order valence-electron chi connectivity index (χ0n) is 11.2. The molecule has 0 aliphatic carbocycles. The normalized spacial score (nSPS) is 10.0. The van der Waals surface area contributed by atoms with Crippen molar-refractivity contribution in [3.8, 4) is 5.75 Å². The van der Waals surface area contributed by atoms with Crippen molar-refractivity contribution in [3.63, 3.8) is 0 Å². The number of methoxy groups -OCH3 is 1. The lowest BCUT2D eigenvalue weighted by atomic mass is 10.1. The van der Waals surface area contributed by atoms with Crippen LogP contribution in [-0.4, -0.2) is 18.9 Å². The number of nitrogens with two attached hydrogens (primary N) is 1. The number of amides is 2. The van der Waals surface area contributed by atoms with Crippen molar-refractivity contribution >= 4 is 29.1 Å². The van der Waals surface area contributed by atoms with Crippen LogP contribution in [0, 0.1) is 0 Å². The van der Waals surface area contributed by atoms with Crippen molar-refractivity contribution in [2.45, 2.75) is 0 Å². The number of nitrogens with one attached hydrogen (secondary N) is 1. The first-order chi connectivity index (χ1) is 10.0. The molecule has 6 heteroatoms. The fourth-order valence-electron chi connectivity index (χ4n) is 1.76. The Labute approximate surface area is 126 Å². The minimum Gasteiger partial charge on any atom is -0.497 e. The third kappa shape index (κ3) is 3.52. The van der Waals surface area contributed by atoms with Gasteiger partial charge in [-0.1, -0.05) is 17.7 Å². The third-order valence-corrected chi connectivity index (χ3v) is 3.14. The molecule has 2 aromatic carbocycles. The Morgan fingerprint density at radius 2 is 1.95 bits per heavy atom. The van der Waals surface area contributed by atoms with Gasteiger partial charge in [0.15, 0.2) is 0 Å². The average Bonchev–Trinajstić information content (AvgIpc) is 2.47. The van der Waals surface area contributed by atoms with Gasteiger partial charge in [-0.05, 0) is 36.4 Å². The first-order valence-electron chi connectivity index (χ1n) is 6.06. The van der Waals surface area contributed by atoms with E-state index in [1.54, 1.807) is 30.3 Å². The smallest absolute Gasteiger partial charge is 0.255 e. The van der Waals surface area contributed by atoms with Crippen LogP contribution in [0.2, 0.25) is 5.02 Å². The summed E-state index contributed by atoms with van der Waals surface area (Å²) in [6.45, 7) is 0. The predicted octanol–water partition coefficient (Wildman–Crippen LogP) is 2.70. The highest BCUT2D eigenvalue weighted by atomic mass is 35.5. The second kappa shape index (κ2) is 6.28. The molecule has 3 N–H and O–H groups in total. The van der Waals surface area contributed by atoms with Gasteiger partial charge in [-0.15, -0.1) is 0 Å². The van der Waals surface area contributed by atoms with Gasteiger partial charge >= 0.3 is 0 Å². The minimum absolute atomic E-state index is 0.186. The van der Waals surface area contributed by atoms with E-state index in [4.69, 9.17) is 22.1 Å². The summed E-state index contributed by atoms with van der Waals surface area (Å²) in [5.74, 6) is -0.341. The molecule has 2 rings (SSSR count). The molecule has 0 heterocycles. The molecule has 0 radical (unpaired) electrons. The Morgan fingerprint density at radius 3 is 2.57 bits per heavy atom. The highest BCUT2D eigenvalue weighted by Crippen LogP contribution is 2.21. The number of halogens is 1. The maximum Gasteiger partial charge on any atom is 0.255 e. The lowest BCUT2D eigenvalue weighted by Crippen LogP contribution is -2.14. The second-order valence-electron chi connectivity index (χ2n) is 4.24. The number of carbonyl (C=O) groups is 2. The van der Waals surface area contributed by atoms with E-state index in [1.807, 2.05) is 0 Å². The molecule has 0 bridgehead atoms. The maximum absolute atomic E-state index is 12.1. The molecule has 0 aromatic heterocycles. The predicted molar refractivity (Wildman–Crippen MR) is 80.9 cm³/mol. The summed E-state index contributed by atoms with van der Waals surface area (Å²) in [7, 11) is 1.53. The summed E-state index contributed by atoms with van der Waals surface area (Å²) < 4.78 is 5.06. The first-order valence-corrected chi connectivity index (χ1v) is 6.44. The molecular weight excluding hydrogens is 292 g/mol. The lowest BCUT2D eigenvalue weighted by molar-refractivity contribution is 0.0998. The summed E-state index contributed by atoms with van der Waals surface area (Å²) in [5.41, 5.74) is 6.29.